The number of amides is 1. The monoisotopic (exact) mass is 221 g/mol. The molecule has 2 aliphatic rings. The zero-order valence-corrected chi connectivity index (χ0v) is 9.89. The Labute approximate surface area is 96.4 Å². The van der Waals surface area contributed by atoms with E-state index in [0.29, 0.717) is 11.8 Å². The minimum atomic E-state index is -0.446. The van der Waals surface area contributed by atoms with Crippen LogP contribution >= 0.6 is 0 Å². The molecule has 0 aromatic heterocycles. The normalized spacial score (nSPS) is 35.1. The molecule has 88 valence electrons. The van der Waals surface area contributed by atoms with Gasteiger partial charge < -0.3 is 10.6 Å². The Hall–Kier alpha value is -1.08. The van der Waals surface area contributed by atoms with Crippen molar-refractivity contribution in [2.24, 2.45) is 23.5 Å². The third kappa shape index (κ3) is 1.69. The van der Waals surface area contributed by atoms with Gasteiger partial charge in [-0.15, -0.1) is 0 Å². The van der Waals surface area contributed by atoms with Crippen LogP contribution in [0.1, 0.15) is 26.7 Å². The number of nitrogens with zero attached hydrogens (tertiary/aromatic N) is 2. The molecule has 4 nitrogen and oxygen atoms in total. The van der Waals surface area contributed by atoms with Crippen molar-refractivity contribution < 1.29 is 4.79 Å². The number of fused-ring (bicyclic) bond motifs is 1. The molecule has 16 heavy (non-hydrogen) atoms. The average molecular weight is 221 g/mol. The molecule has 2 rings (SSSR count). The first-order chi connectivity index (χ1) is 7.60. The maximum Gasteiger partial charge on any atom is 0.240 e. The highest BCUT2D eigenvalue weighted by molar-refractivity contribution is 5.83. The number of nitrogens with two attached hydrogens (primary N) is 1. The quantitative estimate of drug-likeness (QED) is 0.763. The third-order valence-corrected chi connectivity index (χ3v) is 4.11. The minimum Gasteiger partial charge on any atom is -0.325 e. The predicted molar refractivity (Wildman–Crippen MR) is 60.1 cm³/mol. The van der Waals surface area contributed by atoms with Gasteiger partial charge in [0.2, 0.25) is 5.91 Å². The van der Waals surface area contributed by atoms with E-state index in [0.717, 1.165) is 19.4 Å². The molecule has 1 amide bonds. The van der Waals surface area contributed by atoms with Gasteiger partial charge in [-0.05, 0) is 24.2 Å². The van der Waals surface area contributed by atoms with Crippen LogP contribution in [0.25, 0.3) is 0 Å². The molecule has 1 saturated carbocycles. The fourth-order valence-corrected chi connectivity index (χ4v) is 2.55. The number of hydrogen-bond donors (Lipinski definition) is 1. The van der Waals surface area contributed by atoms with E-state index in [4.69, 9.17) is 11.0 Å². The lowest BCUT2D eigenvalue weighted by atomic mass is 9.98. The van der Waals surface area contributed by atoms with E-state index in [1.165, 1.54) is 0 Å². The largest absolute Gasteiger partial charge is 0.325 e. The lowest BCUT2D eigenvalue weighted by molar-refractivity contribution is -0.134. The number of carbonyl (C=O) groups excluding carboxylic acids is 1. The van der Waals surface area contributed by atoms with Gasteiger partial charge in [0.25, 0.3) is 0 Å². The van der Waals surface area contributed by atoms with Crippen LogP contribution in [0.3, 0.4) is 0 Å². The Balaban J connectivity index is 2.03. The molecule has 1 heterocycles. The van der Waals surface area contributed by atoms with E-state index >= 15 is 0 Å². The average Bonchev–Trinajstić information content (AvgIpc) is 2.98. The summed E-state index contributed by atoms with van der Waals surface area (Å²) in [6.07, 6.45) is 2.01. The number of piperidine rings is 1. The summed E-state index contributed by atoms with van der Waals surface area (Å²) in [4.78, 5) is 13.8. The highest BCUT2D eigenvalue weighted by Gasteiger charge is 2.54. The van der Waals surface area contributed by atoms with Crippen LogP contribution in [0.4, 0.5) is 0 Å². The number of likely N-dealkylation sites (tertiary alicyclic amines) is 1. The first-order valence-electron chi connectivity index (χ1n) is 6.05. The van der Waals surface area contributed by atoms with E-state index in [9.17, 15) is 4.79 Å². The number of hydrogen-bond acceptors (Lipinski definition) is 3. The SMILES string of the molecule is CCC(C)[C@H](N)C(=O)N1C[C@H]2CC2[C@H]1C#N. The molecule has 1 aliphatic carbocycles. The van der Waals surface area contributed by atoms with Crippen molar-refractivity contribution in [3.8, 4) is 6.07 Å². The molecule has 0 bridgehead atoms. The van der Waals surface area contributed by atoms with Crippen LogP contribution in [0.5, 0.6) is 0 Å². The van der Waals surface area contributed by atoms with Gasteiger partial charge in [-0.2, -0.15) is 5.26 Å². The molecule has 0 spiro atoms. The van der Waals surface area contributed by atoms with Crippen LogP contribution in [-0.4, -0.2) is 29.4 Å². The van der Waals surface area contributed by atoms with Gasteiger partial charge >= 0.3 is 0 Å². The van der Waals surface area contributed by atoms with E-state index in [1.54, 1.807) is 4.90 Å². The van der Waals surface area contributed by atoms with Crippen molar-refractivity contribution in [1.29, 1.82) is 5.26 Å². The van der Waals surface area contributed by atoms with Gasteiger partial charge in [0.15, 0.2) is 0 Å². The Bertz CT molecular complexity index is 336. The van der Waals surface area contributed by atoms with Gasteiger partial charge in [0.1, 0.15) is 6.04 Å². The topological polar surface area (TPSA) is 70.1 Å². The van der Waals surface area contributed by atoms with Gasteiger partial charge in [-0.1, -0.05) is 20.3 Å². The highest BCUT2D eigenvalue weighted by Crippen LogP contribution is 2.49. The van der Waals surface area contributed by atoms with Crippen molar-refractivity contribution in [2.45, 2.75) is 38.8 Å². The van der Waals surface area contributed by atoms with Crippen molar-refractivity contribution in [2.75, 3.05) is 6.54 Å². The van der Waals surface area contributed by atoms with Crippen molar-refractivity contribution in [3.05, 3.63) is 0 Å². The van der Waals surface area contributed by atoms with Gasteiger partial charge in [-0.3, -0.25) is 4.79 Å². The van der Waals surface area contributed by atoms with E-state index in [1.807, 2.05) is 13.8 Å². The Kier molecular flexibility index (Phi) is 2.90. The van der Waals surface area contributed by atoms with Crippen LogP contribution in [0, 0.1) is 29.1 Å². The summed E-state index contributed by atoms with van der Waals surface area (Å²) in [6.45, 7) is 4.76. The maximum atomic E-state index is 12.1. The minimum absolute atomic E-state index is 0.0342. The Morgan fingerprint density at radius 1 is 1.69 bits per heavy atom. The fraction of sp³-hybridized carbons (Fsp3) is 0.833. The summed E-state index contributed by atoms with van der Waals surface area (Å²) in [6, 6.07) is 1.59. The molecular weight excluding hydrogens is 202 g/mol. The molecule has 1 aliphatic heterocycles. The Morgan fingerprint density at radius 3 is 2.94 bits per heavy atom. The summed E-state index contributed by atoms with van der Waals surface area (Å²) in [5.41, 5.74) is 5.93. The lowest BCUT2D eigenvalue weighted by Gasteiger charge is -2.28. The molecular formula is C12H19N3O. The molecule has 5 atom stereocenters. The summed E-state index contributed by atoms with van der Waals surface area (Å²) < 4.78 is 0. The molecule has 4 heteroatoms. The van der Waals surface area contributed by atoms with E-state index < -0.39 is 6.04 Å². The third-order valence-electron chi connectivity index (χ3n) is 4.11. The maximum absolute atomic E-state index is 12.1. The second-order valence-electron chi connectivity index (χ2n) is 5.14. The van der Waals surface area contributed by atoms with Crippen LogP contribution in [0.15, 0.2) is 0 Å². The standard InChI is InChI=1S/C12H19N3O/c1-3-7(2)11(14)12(16)15-6-8-4-9(8)10(15)5-13/h7-11H,3-4,6,14H2,1-2H3/t7?,8-,9?,10-,11+/m1/s1. The first kappa shape index (κ1) is 11.4. The smallest absolute Gasteiger partial charge is 0.240 e. The number of nitriles is 1. The molecule has 2 fully saturated rings. The zero-order chi connectivity index (χ0) is 11.9. The number of rotatable bonds is 3. The van der Waals surface area contributed by atoms with Gasteiger partial charge in [-0.25, -0.2) is 0 Å². The number of carbonyl (C=O) groups is 1. The van der Waals surface area contributed by atoms with Gasteiger partial charge in [0.05, 0.1) is 12.1 Å². The second kappa shape index (κ2) is 4.06. The van der Waals surface area contributed by atoms with Crippen molar-refractivity contribution in [3.63, 3.8) is 0 Å². The lowest BCUT2D eigenvalue weighted by Crippen LogP contribution is -2.49. The van der Waals surface area contributed by atoms with Crippen LogP contribution in [-0.2, 0) is 4.79 Å². The summed E-state index contributed by atoms with van der Waals surface area (Å²) in [5.74, 6) is 1.15. The predicted octanol–water partition coefficient (Wildman–Crippen LogP) is 0.730. The summed E-state index contributed by atoms with van der Waals surface area (Å²) in [5, 5.41) is 9.08. The highest BCUT2D eigenvalue weighted by atomic mass is 16.2. The fourth-order valence-electron chi connectivity index (χ4n) is 2.55. The van der Waals surface area contributed by atoms with Gasteiger partial charge in [0, 0.05) is 6.54 Å². The molecule has 0 radical (unpaired) electrons. The second-order valence-corrected chi connectivity index (χ2v) is 5.14. The molecule has 2 N–H and O–H groups in total. The first-order valence-corrected chi connectivity index (χ1v) is 6.05. The van der Waals surface area contributed by atoms with Crippen molar-refractivity contribution in [1.82, 2.24) is 4.90 Å². The van der Waals surface area contributed by atoms with Crippen LogP contribution < -0.4 is 5.73 Å². The van der Waals surface area contributed by atoms with E-state index in [-0.39, 0.29) is 17.9 Å². The van der Waals surface area contributed by atoms with E-state index in [2.05, 4.69) is 6.07 Å². The molecule has 1 saturated heterocycles. The summed E-state index contributed by atoms with van der Waals surface area (Å²) in [7, 11) is 0. The zero-order valence-electron chi connectivity index (χ0n) is 9.89. The molecule has 0 aromatic rings. The molecule has 2 unspecified atom stereocenters. The molecule has 0 aromatic carbocycles. The van der Waals surface area contributed by atoms with Crippen molar-refractivity contribution >= 4 is 5.91 Å². The summed E-state index contributed by atoms with van der Waals surface area (Å²) >= 11 is 0. The van der Waals surface area contributed by atoms with Crippen LogP contribution in [0.2, 0.25) is 0 Å². The Morgan fingerprint density at radius 2 is 2.38 bits per heavy atom.